The zero-order valence-electron chi connectivity index (χ0n) is 9.21. The molecule has 2 aromatic carbocycles. The molecule has 0 aromatic heterocycles. The quantitative estimate of drug-likeness (QED) is 0.781. The first-order chi connectivity index (χ1) is 8.42. The molecule has 2 aromatic rings. The van der Waals surface area contributed by atoms with E-state index in [1.165, 1.54) is 5.56 Å². The number of hydrogen-bond acceptors (Lipinski definition) is 2. The zero-order valence-corrected chi connectivity index (χ0v) is 10.0. The zero-order chi connectivity index (χ0) is 11.5. The van der Waals surface area contributed by atoms with Gasteiger partial charge in [0, 0.05) is 5.75 Å². The molecule has 83 valence electrons. The molecule has 1 aliphatic rings. The summed E-state index contributed by atoms with van der Waals surface area (Å²) in [7, 11) is 0. The highest BCUT2D eigenvalue weighted by atomic mass is 32.2. The Hall–Kier alpha value is -1.74. The average molecular weight is 239 g/mol. The Labute approximate surface area is 105 Å². The SMILES string of the molecule is c1ccc(CSC2=Nc3ccccc3[N]2)cc1. The summed E-state index contributed by atoms with van der Waals surface area (Å²) in [5.74, 6) is 0.914. The van der Waals surface area contributed by atoms with Crippen LogP contribution in [-0.4, -0.2) is 5.17 Å². The molecule has 0 bridgehead atoms. The molecule has 0 amide bonds. The van der Waals surface area contributed by atoms with Crippen LogP contribution in [0.5, 0.6) is 0 Å². The van der Waals surface area contributed by atoms with Gasteiger partial charge in [-0.15, -0.1) is 0 Å². The molecular formula is C14H11N2S. The fraction of sp³-hybridized carbons (Fsp3) is 0.0714. The molecule has 0 saturated carbocycles. The number of para-hydroxylation sites is 2. The predicted molar refractivity (Wildman–Crippen MR) is 73.1 cm³/mol. The second-order valence-corrected chi connectivity index (χ2v) is 4.71. The van der Waals surface area contributed by atoms with E-state index >= 15 is 0 Å². The van der Waals surface area contributed by atoms with Crippen LogP contribution in [0.2, 0.25) is 0 Å². The van der Waals surface area contributed by atoms with Crippen LogP contribution >= 0.6 is 11.8 Å². The van der Waals surface area contributed by atoms with E-state index in [9.17, 15) is 0 Å². The molecule has 1 heterocycles. The molecule has 0 aliphatic carbocycles. The van der Waals surface area contributed by atoms with Gasteiger partial charge in [-0.25, -0.2) is 10.3 Å². The number of aliphatic imine (C=N–C) groups is 1. The summed E-state index contributed by atoms with van der Waals surface area (Å²) in [6.07, 6.45) is 0. The van der Waals surface area contributed by atoms with Crippen molar-refractivity contribution in [3.8, 4) is 0 Å². The van der Waals surface area contributed by atoms with Crippen molar-refractivity contribution in [3.05, 3.63) is 60.2 Å². The van der Waals surface area contributed by atoms with Crippen molar-refractivity contribution in [3.63, 3.8) is 0 Å². The van der Waals surface area contributed by atoms with E-state index in [4.69, 9.17) is 0 Å². The molecule has 3 heteroatoms. The summed E-state index contributed by atoms with van der Waals surface area (Å²) in [4.78, 5) is 4.48. The molecule has 0 atom stereocenters. The van der Waals surface area contributed by atoms with E-state index in [1.54, 1.807) is 11.8 Å². The maximum atomic E-state index is 4.48. The van der Waals surface area contributed by atoms with Crippen molar-refractivity contribution < 1.29 is 0 Å². The molecule has 0 fully saturated rings. The molecule has 0 spiro atoms. The molecule has 3 rings (SSSR count). The molecule has 1 aliphatic heterocycles. The molecule has 0 N–H and O–H groups in total. The Morgan fingerprint density at radius 3 is 2.29 bits per heavy atom. The fourth-order valence-electron chi connectivity index (χ4n) is 1.67. The lowest BCUT2D eigenvalue weighted by atomic mass is 10.2. The van der Waals surface area contributed by atoms with Crippen LogP contribution in [0, 0.1) is 0 Å². The minimum Gasteiger partial charge on any atom is -0.221 e. The van der Waals surface area contributed by atoms with E-state index < -0.39 is 0 Å². The first-order valence-corrected chi connectivity index (χ1v) is 6.46. The van der Waals surface area contributed by atoms with Gasteiger partial charge in [0.1, 0.15) is 0 Å². The largest absolute Gasteiger partial charge is 0.221 e. The number of hydrogen-bond donors (Lipinski definition) is 0. The molecule has 17 heavy (non-hydrogen) atoms. The van der Waals surface area contributed by atoms with Crippen LogP contribution in [0.25, 0.3) is 0 Å². The number of rotatable bonds is 2. The first kappa shape index (κ1) is 10.4. The Morgan fingerprint density at radius 1 is 0.824 bits per heavy atom. The predicted octanol–water partition coefficient (Wildman–Crippen LogP) is 3.86. The van der Waals surface area contributed by atoms with Crippen molar-refractivity contribution in [1.29, 1.82) is 0 Å². The second kappa shape index (κ2) is 4.63. The lowest BCUT2D eigenvalue weighted by Gasteiger charge is -2.00. The molecule has 2 nitrogen and oxygen atoms in total. The second-order valence-electron chi connectivity index (χ2n) is 3.77. The monoisotopic (exact) mass is 239 g/mol. The maximum absolute atomic E-state index is 4.48. The number of fused-ring (bicyclic) bond motifs is 1. The average Bonchev–Trinajstić information content (AvgIpc) is 2.80. The van der Waals surface area contributed by atoms with Gasteiger partial charge in [0.2, 0.25) is 0 Å². The standard InChI is InChI=1S/C14H11N2S/c1-2-6-11(7-3-1)10-17-14-15-12-8-4-5-9-13(12)16-14/h1-9H,10H2. The van der Waals surface area contributed by atoms with E-state index in [0.29, 0.717) is 0 Å². The van der Waals surface area contributed by atoms with Crippen molar-refractivity contribution in [2.24, 2.45) is 4.99 Å². The summed E-state index contributed by atoms with van der Waals surface area (Å²) in [5.41, 5.74) is 3.25. The van der Waals surface area contributed by atoms with Crippen LogP contribution < -0.4 is 5.32 Å². The van der Waals surface area contributed by atoms with E-state index in [2.05, 4.69) is 34.6 Å². The van der Waals surface area contributed by atoms with Crippen molar-refractivity contribution in [2.45, 2.75) is 5.75 Å². The van der Waals surface area contributed by atoms with E-state index in [0.717, 1.165) is 22.3 Å². The lowest BCUT2D eigenvalue weighted by molar-refractivity contribution is 1.34. The number of amidine groups is 1. The van der Waals surface area contributed by atoms with Gasteiger partial charge >= 0.3 is 0 Å². The van der Waals surface area contributed by atoms with Gasteiger partial charge in [-0.05, 0) is 17.7 Å². The Morgan fingerprint density at radius 2 is 1.53 bits per heavy atom. The summed E-state index contributed by atoms with van der Waals surface area (Å²) in [6, 6.07) is 18.3. The smallest absolute Gasteiger partial charge is 0.189 e. The molecule has 0 saturated heterocycles. The van der Waals surface area contributed by atoms with Crippen LogP contribution in [0.4, 0.5) is 11.4 Å². The Bertz CT molecular complexity index is 549. The summed E-state index contributed by atoms with van der Waals surface area (Å²) < 4.78 is 0. The number of nitrogens with zero attached hydrogens (tertiary/aromatic N) is 2. The summed E-state index contributed by atoms with van der Waals surface area (Å²) >= 11 is 1.68. The van der Waals surface area contributed by atoms with E-state index in [-0.39, 0.29) is 0 Å². The first-order valence-electron chi connectivity index (χ1n) is 5.48. The van der Waals surface area contributed by atoms with Gasteiger partial charge in [-0.3, -0.25) is 0 Å². The van der Waals surface area contributed by atoms with Crippen LogP contribution in [0.3, 0.4) is 0 Å². The normalized spacial score (nSPS) is 12.8. The third-order valence-corrected chi connectivity index (χ3v) is 3.44. The van der Waals surface area contributed by atoms with Crippen molar-refractivity contribution in [2.75, 3.05) is 0 Å². The van der Waals surface area contributed by atoms with Gasteiger partial charge in [0.05, 0.1) is 11.4 Å². The number of benzene rings is 2. The van der Waals surface area contributed by atoms with Gasteiger partial charge < -0.3 is 0 Å². The number of thioether (sulfide) groups is 1. The third-order valence-electron chi connectivity index (χ3n) is 2.52. The van der Waals surface area contributed by atoms with Crippen LogP contribution in [0.1, 0.15) is 5.56 Å². The van der Waals surface area contributed by atoms with Gasteiger partial charge in [-0.1, -0.05) is 54.2 Å². The van der Waals surface area contributed by atoms with Gasteiger partial charge in [0.25, 0.3) is 0 Å². The molecule has 1 radical (unpaired) electrons. The third kappa shape index (κ3) is 2.34. The minimum atomic E-state index is 0.857. The van der Waals surface area contributed by atoms with Crippen molar-refractivity contribution in [1.82, 2.24) is 5.32 Å². The molecule has 0 unspecified atom stereocenters. The maximum Gasteiger partial charge on any atom is 0.189 e. The Balaban J connectivity index is 1.66. The van der Waals surface area contributed by atoms with Gasteiger partial charge in [0.15, 0.2) is 5.17 Å². The van der Waals surface area contributed by atoms with Gasteiger partial charge in [-0.2, -0.15) is 0 Å². The fourth-order valence-corrected chi connectivity index (χ4v) is 2.49. The Kier molecular flexibility index (Phi) is 2.84. The topological polar surface area (TPSA) is 26.5 Å². The van der Waals surface area contributed by atoms with Crippen LogP contribution in [-0.2, 0) is 5.75 Å². The summed E-state index contributed by atoms with van der Waals surface area (Å²) in [6.45, 7) is 0. The van der Waals surface area contributed by atoms with E-state index in [1.807, 2.05) is 30.3 Å². The highest BCUT2D eigenvalue weighted by Crippen LogP contribution is 2.32. The van der Waals surface area contributed by atoms with Crippen molar-refractivity contribution >= 4 is 28.3 Å². The lowest BCUT2D eigenvalue weighted by Crippen LogP contribution is -2.01. The minimum absolute atomic E-state index is 0.857. The highest BCUT2D eigenvalue weighted by Gasteiger charge is 2.14. The summed E-state index contributed by atoms with van der Waals surface area (Å²) in [5, 5.41) is 5.34. The van der Waals surface area contributed by atoms with Crippen LogP contribution in [0.15, 0.2) is 59.6 Å². The highest BCUT2D eigenvalue weighted by molar-refractivity contribution is 8.13. The molecular weight excluding hydrogens is 228 g/mol.